The molecule has 0 saturated carbocycles. The van der Waals surface area contributed by atoms with Crippen LogP contribution < -0.4 is 4.74 Å². The minimum Gasteiger partial charge on any atom is -0.477 e. The van der Waals surface area contributed by atoms with Crippen LogP contribution in [0.15, 0.2) is 24.5 Å². The lowest BCUT2D eigenvalue weighted by molar-refractivity contribution is 0.0693. The van der Waals surface area contributed by atoms with Crippen molar-refractivity contribution in [2.45, 2.75) is 6.92 Å². The van der Waals surface area contributed by atoms with Crippen molar-refractivity contribution in [3.63, 3.8) is 0 Å². The molecular weight excluding hydrogens is 210 g/mol. The van der Waals surface area contributed by atoms with Crippen LogP contribution in [-0.4, -0.2) is 26.3 Å². The van der Waals surface area contributed by atoms with Gasteiger partial charge < -0.3 is 9.84 Å². The van der Waals surface area contributed by atoms with Crippen LogP contribution in [0.3, 0.4) is 0 Å². The molecule has 6 nitrogen and oxygen atoms in total. The predicted octanol–water partition coefficient (Wildman–Crippen LogP) is 1.60. The van der Waals surface area contributed by atoms with Crippen LogP contribution in [0, 0.1) is 6.92 Å². The van der Waals surface area contributed by atoms with Crippen molar-refractivity contribution in [3.8, 4) is 11.6 Å². The molecule has 16 heavy (non-hydrogen) atoms. The summed E-state index contributed by atoms with van der Waals surface area (Å²) in [4.78, 5) is 14.6. The van der Waals surface area contributed by atoms with E-state index in [-0.39, 0.29) is 11.3 Å². The molecule has 0 fully saturated rings. The highest BCUT2D eigenvalue weighted by Crippen LogP contribution is 2.23. The van der Waals surface area contributed by atoms with Gasteiger partial charge in [-0.15, -0.1) is 5.10 Å². The second-order valence-electron chi connectivity index (χ2n) is 3.17. The van der Waals surface area contributed by atoms with Gasteiger partial charge in [-0.25, -0.2) is 4.79 Å². The normalized spacial score (nSPS) is 10.1. The second kappa shape index (κ2) is 4.01. The van der Waals surface area contributed by atoms with Gasteiger partial charge in [0.05, 0.1) is 0 Å². The first-order chi connectivity index (χ1) is 7.66. The molecule has 2 aromatic rings. The Kier molecular flexibility index (Phi) is 2.55. The zero-order chi connectivity index (χ0) is 11.5. The van der Waals surface area contributed by atoms with Crippen molar-refractivity contribution in [1.82, 2.24) is 15.2 Å². The third-order valence-corrected chi connectivity index (χ3v) is 1.91. The minimum atomic E-state index is -1.09. The van der Waals surface area contributed by atoms with Crippen LogP contribution >= 0.6 is 0 Å². The first-order valence-corrected chi connectivity index (χ1v) is 4.54. The lowest BCUT2D eigenvalue weighted by Crippen LogP contribution is -2.00. The first-order valence-electron chi connectivity index (χ1n) is 4.54. The summed E-state index contributed by atoms with van der Waals surface area (Å²) in [5, 5.41) is 15.5. The maximum Gasteiger partial charge on any atom is 0.341 e. The average molecular weight is 219 g/mol. The summed E-state index contributed by atoms with van der Waals surface area (Å²) >= 11 is 0. The summed E-state index contributed by atoms with van der Waals surface area (Å²) in [7, 11) is 0. The van der Waals surface area contributed by atoms with E-state index in [1.165, 1.54) is 18.5 Å². The Balaban J connectivity index is 2.31. The SMILES string of the molecule is Cc1cc(Oc2ccncc2C(=O)O)n[nH]1. The van der Waals surface area contributed by atoms with E-state index >= 15 is 0 Å². The van der Waals surface area contributed by atoms with E-state index in [1.54, 1.807) is 6.07 Å². The summed E-state index contributed by atoms with van der Waals surface area (Å²) in [6, 6.07) is 3.15. The van der Waals surface area contributed by atoms with Gasteiger partial charge in [0.2, 0.25) is 5.88 Å². The lowest BCUT2D eigenvalue weighted by Gasteiger charge is -2.04. The van der Waals surface area contributed by atoms with E-state index in [0.29, 0.717) is 5.88 Å². The zero-order valence-electron chi connectivity index (χ0n) is 8.47. The molecular formula is C10H9N3O3. The molecule has 0 radical (unpaired) electrons. The highest BCUT2D eigenvalue weighted by Gasteiger charge is 2.12. The van der Waals surface area contributed by atoms with E-state index in [1.807, 2.05) is 6.92 Å². The van der Waals surface area contributed by atoms with Crippen LogP contribution in [0.1, 0.15) is 16.1 Å². The zero-order valence-corrected chi connectivity index (χ0v) is 8.47. The van der Waals surface area contributed by atoms with Crippen LogP contribution in [-0.2, 0) is 0 Å². The summed E-state index contributed by atoms with van der Waals surface area (Å²) in [5.74, 6) is -0.546. The van der Waals surface area contributed by atoms with Crippen LogP contribution in [0.5, 0.6) is 11.6 Å². The molecule has 82 valence electrons. The van der Waals surface area contributed by atoms with E-state index in [2.05, 4.69) is 15.2 Å². The van der Waals surface area contributed by atoms with Crippen molar-refractivity contribution >= 4 is 5.97 Å². The Morgan fingerprint density at radius 2 is 2.38 bits per heavy atom. The second-order valence-corrected chi connectivity index (χ2v) is 3.17. The van der Waals surface area contributed by atoms with Crippen molar-refractivity contribution in [3.05, 3.63) is 35.8 Å². The topological polar surface area (TPSA) is 88.1 Å². The molecule has 6 heteroatoms. The number of hydrogen-bond acceptors (Lipinski definition) is 4. The number of H-pyrrole nitrogens is 1. The number of ether oxygens (including phenoxy) is 1. The fourth-order valence-corrected chi connectivity index (χ4v) is 1.19. The maximum absolute atomic E-state index is 10.9. The van der Waals surface area contributed by atoms with Gasteiger partial charge in [0.1, 0.15) is 11.3 Å². The molecule has 0 aromatic carbocycles. The number of aromatic carboxylic acids is 1. The smallest absolute Gasteiger partial charge is 0.341 e. The Hall–Kier alpha value is -2.37. The number of carbonyl (C=O) groups is 1. The average Bonchev–Trinajstić information content (AvgIpc) is 2.64. The van der Waals surface area contributed by atoms with Crippen LogP contribution in [0.4, 0.5) is 0 Å². The van der Waals surface area contributed by atoms with Crippen molar-refractivity contribution < 1.29 is 14.6 Å². The molecule has 0 aliphatic heterocycles. The van der Waals surface area contributed by atoms with Crippen LogP contribution in [0.25, 0.3) is 0 Å². The largest absolute Gasteiger partial charge is 0.477 e. The molecule has 0 bridgehead atoms. The van der Waals surface area contributed by atoms with Crippen molar-refractivity contribution in [1.29, 1.82) is 0 Å². The molecule has 0 aliphatic carbocycles. The number of nitrogens with zero attached hydrogens (tertiary/aromatic N) is 2. The standard InChI is InChI=1S/C10H9N3O3/c1-6-4-9(13-12-6)16-8-2-3-11-5-7(8)10(14)15/h2-5H,1H3,(H,12,13)(H,14,15). The highest BCUT2D eigenvalue weighted by molar-refractivity contribution is 5.90. The van der Waals surface area contributed by atoms with Crippen molar-refractivity contribution in [2.75, 3.05) is 0 Å². The molecule has 2 N–H and O–H groups in total. The number of carboxylic acid groups (broad SMARTS) is 1. The van der Waals surface area contributed by atoms with E-state index < -0.39 is 5.97 Å². The van der Waals surface area contributed by atoms with Gasteiger partial charge in [-0.05, 0) is 6.92 Å². The summed E-state index contributed by atoms with van der Waals surface area (Å²) in [6.07, 6.45) is 2.69. The number of pyridine rings is 1. The summed E-state index contributed by atoms with van der Waals surface area (Å²) in [5.41, 5.74) is 0.837. The fourth-order valence-electron chi connectivity index (χ4n) is 1.19. The molecule has 2 heterocycles. The quantitative estimate of drug-likeness (QED) is 0.818. The number of hydrogen-bond donors (Lipinski definition) is 2. The molecule has 0 spiro atoms. The molecule has 2 rings (SSSR count). The lowest BCUT2D eigenvalue weighted by atomic mass is 10.2. The van der Waals surface area contributed by atoms with E-state index in [4.69, 9.17) is 9.84 Å². The third-order valence-electron chi connectivity index (χ3n) is 1.91. The monoisotopic (exact) mass is 219 g/mol. The fraction of sp³-hybridized carbons (Fsp3) is 0.100. The Morgan fingerprint density at radius 1 is 1.56 bits per heavy atom. The number of nitrogens with one attached hydrogen (secondary N) is 1. The molecule has 0 aliphatic rings. The third kappa shape index (κ3) is 2.00. The van der Waals surface area contributed by atoms with E-state index in [9.17, 15) is 4.79 Å². The molecule has 2 aromatic heterocycles. The molecule has 0 atom stereocenters. The molecule has 0 unspecified atom stereocenters. The molecule has 0 amide bonds. The number of aromatic amines is 1. The van der Waals surface area contributed by atoms with Gasteiger partial charge in [0, 0.05) is 30.2 Å². The number of carboxylic acids is 1. The molecule has 0 saturated heterocycles. The Labute approximate surface area is 90.9 Å². The maximum atomic E-state index is 10.9. The van der Waals surface area contributed by atoms with Gasteiger partial charge >= 0.3 is 5.97 Å². The highest BCUT2D eigenvalue weighted by atomic mass is 16.5. The number of aryl methyl sites for hydroxylation is 1. The summed E-state index contributed by atoms with van der Waals surface area (Å²) in [6.45, 7) is 1.82. The Morgan fingerprint density at radius 3 is 3.00 bits per heavy atom. The van der Waals surface area contributed by atoms with Crippen LogP contribution in [0.2, 0.25) is 0 Å². The van der Waals surface area contributed by atoms with Gasteiger partial charge in [-0.1, -0.05) is 0 Å². The van der Waals surface area contributed by atoms with Gasteiger partial charge in [-0.3, -0.25) is 10.1 Å². The van der Waals surface area contributed by atoms with Crippen molar-refractivity contribution in [2.24, 2.45) is 0 Å². The summed E-state index contributed by atoms with van der Waals surface area (Å²) < 4.78 is 5.33. The minimum absolute atomic E-state index is 0.00292. The van der Waals surface area contributed by atoms with Gasteiger partial charge in [0.25, 0.3) is 0 Å². The van der Waals surface area contributed by atoms with Gasteiger partial charge in [-0.2, -0.15) is 0 Å². The Bertz CT molecular complexity index is 522. The van der Waals surface area contributed by atoms with Gasteiger partial charge in [0.15, 0.2) is 0 Å². The first kappa shape index (κ1) is 10.2. The predicted molar refractivity (Wildman–Crippen MR) is 54.6 cm³/mol. The number of aromatic nitrogens is 3. The van der Waals surface area contributed by atoms with E-state index in [0.717, 1.165) is 5.69 Å². The number of rotatable bonds is 3.